The molecule has 5 heteroatoms. The lowest BCUT2D eigenvalue weighted by Gasteiger charge is -2.17. The SMILES string of the molecule is CC(N)(CC(N)=O)C(N)=O. The molecule has 58 valence electrons. The average Bonchev–Trinajstić information content (AvgIpc) is 1.60. The molecule has 0 aliphatic rings. The lowest BCUT2D eigenvalue weighted by molar-refractivity contribution is -0.127. The minimum absolute atomic E-state index is 0.220. The summed E-state index contributed by atoms with van der Waals surface area (Å²) in [7, 11) is 0. The van der Waals surface area contributed by atoms with E-state index >= 15 is 0 Å². The molecule has 0 fully saturated rings. The molecule has 6 N–H and O–H groups in total. The predicted molar refractivity (Wildman–Crippen MR) is 35.6 cm³/mol. The lowest BCUT2D eigenvalue weighted by Crippen LogP contribution is -2.51. The maximum Gasteiger partial charge on any atom is 0.237 e. The van der Waals surface area contributed by atoms with Crippen LogP contribution in [0.2, 0.25) is 0 Å². The second kappa shape index (κ2) is 2.66. The highest BCUT2D eigenvalue weighted by Gasteiger charge is 2.27. The highest BCUT2D eigenvalue weighted by molar-refractivity contribution is 5.89. The van der Waals surface area contributed by atoms with Crippen molar-refractivity contribution in [3.63, 3.8) is 0 Å². The van der Waals surface area contributed by atoms with Gasteiger partial charge < -0.3 is 17.2 Å². The fraction of sp³-hybridized carbons (Fsp3) is 0.600. The molecule has 0 aromatic rings. The average molecular weight is 145 g/mol. The van der Waals surface area contributed by atoms with Gasteiger partial charge >= 0.3 is 0 Å². The summed E-state index contributed by atoms with van der Waals surface area (Å²) >= 11 is 0. The number of hydrogen-bond donors (Lipinski definition) is 3. The van der Waals surface area contributed by atoms with Crippen molar-refractivity contribution in [2.45, 2.75) is 18.9 Å². The number of hydrogen-bond acceptors (Lipinski definition) is 3. The summed E-state index contributed by atoms with van der Waals surface area (Å²) in [6.45, 7) is 1.36. The predicted octanol–water partition coefficient (Wildman–Crippen LogP) is -1.94. The number of amides is 2. The van der Waals surface area contributed by atoms with Crippen LogP contribution in [0.15, 0.2) is 0 Å². The van der Waals surface area contributed by atoms with Crippen LogP contribution in [-0.4, -0.2) is 17.4 Å². The van der Waals surface area contributed by atoms with Gasteiger partial charge in [-0.25, -0.2) is 0 Å². The first-order valence-corrected chi connectivity index (χ1v) is 2.73. The first kappa shape index (κ1) is 8.90. The fourth-order valence-electron chi connectivity index (χ4n) is 0.449. The maximum atomic E-state index is 10.4. The van der Waals surface area contributed by atoms with E-state index in [0.717, 1.165) is 0 Å². The first-order valence-electron chi connectivity index (χ1n) is 2.73. The summed E-state index contributed by atoms with van der Waals surface area (Å²) in [5.74, 6) is -1.37. The van der Waals surface area contributed by atoms with Gasteiger partial charge in [-0.1, -0.05) is 0 Å². The van der Waals surface area contributed by atoms with Gasteiger partial charge in [0, 0.05) is 0 Å². The number of carbonyl (C=O) groups excluding carboxylic acids is 2. The summed E-state index contributed by atoms with van der Waals surface area (Å²) in [5.41, 5.74) is 13.6. The smallest absolute Gasteiger partial charge is 0.237 e. The highest BCUT2D eigenvalue weighted by atomic mass is 16.2. The summed E-state index contributed by atoms with van der Waals surface area (Å²) in [4.78, 5) is 20.7. The molecule has 0 spiro atoms. The second-order valence-electron chi connectivity index (χ2n) is 2.42. The number of carbonyl (C=O) groups is 2. The summed E-state index contributed by atoms with van der Waals surface area (Å²) in [6.07, 6.45) is -0.220. The molecule has 0 aromatic carbocycles. The van der Waals surface area contributed by atoms with Gasteiger partial charge in [0.25, 0.3) is 0 Å². The van der Waals surface area contributed by atoms with Crippen LogP contribution in [0.4, 0.5) is 0 Å². The molecule has 0 rings (SSSR count). The molecule has 0 bridgehead atoms. The third kappa shape index (κ3) is 2.45. The van der Waals surface area contributed by atoms with Gasteiger partial charge in [0.1, 0.15) is 5.54 Å². The van der Waals surface area contributed by atoms with Crippen LogP contribution in [0, 0.1) is 0 Å². The summed E-state index contributed by atoms with van der Waals surface area (Å²) < 4.78 is 0. The Bertz CT molecular complexity index is 164. The zero-order valence-electron chi connectivity index (χ0n) is 5.76. The van der Waals surface area contributed by atoms with Crippen molar-refractivity contribution in [2.24, 2.45) is 17.2 Å². The van der Waals surface area contributed by atoms with Crippen LogP contribution in [-0.2, 0) is 9.59 Å². The number of nitrogens with two attached hydrogens (primary N) is 3. The van der Waals surface area contributed by atoms with Gasteiger partial charge in [-0.3, -0.25) is 9.59 Å². The second-order valence-corrected chi connectivity index (χ2v) is 2.42. The van der Waals surface area contributed by atoms with Crippen molar-refractivity contribution in [1.82, 2.24) is 0 Å². The third-order valence-electron chi connectivity index (χ3n) is 1.10. The van der Waals surface area contributed by atoms with Gasteiger partial charge in [-0.15, -0.1) is 0 Å². The summed E-state index contributed by atoms with van der Waals surface area (Å²) in [5, 5.41) is 0. The molecule has 10 heavy (non-hydrogen) atoms. The molecular formula is C5H11N3O2. The van der Waals surface area contributed by atoms with Gasteiger partial charge in [-0.05, 0) is 6.92 Å². The molecule has 5 nitrogen and oxygen atoms in total. The quantitative estimate of drug-likeness (QED) is 0.429. The fourth-order valence-corrected chi connectivity index (χ4v) is 0.449. The Balaban J connectivity index is 4.13. The standard InChI is InChI=1S/C5H11N3O2/c1-5(8,4(7)10)2-3(6)9/h2,8H2,1H3,(H2,6,9)(H2,7,10). The Kier molecular flexibility index (Phi) is 2.36. The first-order chi connectivity index (χ1) is 4.36. The van der Waals surface area contributed by atoms with Gasteiger partial charge in [-0.2, -0.15) is 0 Å². The molecule has 0 aromatic heterocycles. The number of primary amides is 2. The van der Waals surface area contributed by atoms with E-state index < -0.39 is 17.4 Å². The van der Waals surface area contributed by atoms with Crippen molar-refractivity contribution < 1.29 is 9.59 Å². The van der Waals surface area contributed by atoms with Crippen molar-refractivity contribution in [2.75, 3.05) is 0 Å². The van der Waals surface area contributed by atoms with Crippen molar-refractivity contribution in [3.05, 3.63) is 0 Å². The van der Waals surface area contributed by atoms with E-state index in [1.54, 1.807) is 0 Å². The minimum Gasteiger partial charge on any atom is -0.370 e. The Labute approximate surface area is 58.5 Å². The molecule has 0 aliphatic carbocycles. The monoisotopic (exact) mass is 145 g/mol. The van der Waals surface area contributed by atoms with E-state index in [2.05, 4.69) is 0 Å². The van der Waals surface area contributed by atoms with E-state index in [0.29, 0.717) is 0 Å². The Morgan fingerprint density at radius 1 is 1.40 bits per heavy atom. The molecule has 0 saturated carbocycles. The molecule has 2 amide bonds. The summed E-state index contributed by atoms with van der Waals surface area (Å²) in [6, 6.07) is 0. The normalized spacial score (nSPS) is 15.8. The molecule has 1 unspecified atom stereocenters. The van der Waals surface area contributed by atoms with E-state index in [9.17, 15) is 9.59 Å². The maximum absolute atomic E-state index is 10.4. The van der Waals surface area contributed by atoms with Crippen molar-refractivity contribution in [3.8, 4) is 0 Å². The van der Waals surface area contributed by atoms with Crippen molar-refractivity contribution in [1.29, 1.82) is 0 Å². The zero-order chi connectivity index (χ0) is 8.36. The molecule has 0 heterocycles. The van der Waals surface area contributed by atoms with Crippen LogP contribution < -0.4 is 17.2 Å². The van der Waals surface area contributed by atoms with Crippen molar-refractivity contribution >= 4 is 11.8 Å². The van der Waals surface area contributed by atoms with Gasteiger partial charge in [0.15, 0.2) is 0 Å². The van der Waals surface area contributed by atoms with Crippen LogP contribution >= 0.6 is 0 Å². The van der Waals surface area contributed by atoms with Crippen LogP contribution in [0.25, 0.3) is 0 Å². The molecule has 1 atom stereocenters. The van der Waals surface area contributed by atoms with E-state index in [1.807, 2.05) is 0 Å². The van der Waals surface area contributed by atoms with Crippen LogP contribution in [0.5, 0.6) is 0 Å². The van der Waals surface area contributed by atoms with E-state index in [-0.39, 0.29) is 6.42 Å². The molecule has 0 aliphatic heterocycles. The molecular weight excluding hydrogens is 134 g/mol. The molecule has 0 radical (unpaired) electrons. The Morgan fingerprint density at radius 2 is 1.80 bits per heavy atom. The topological polar surface area (TPSA) is 112 Å². The lowest BCUT2D eigenvalue weighted by atomic mass is 9.99. The molecule has 0 saturated heterocycles. The third-order valence-corrected chi connectivity index (χ3v) is 1.10. The van der Waals surface area contributed by atoms with Crippen LogP contribution in [0.3, 0.4) is 0 Å². The highest BCUT2D eigenvalue weighted by Crippen LogP contribution is 2.02. The largest absolute Gasteiger partial charge is 0.370 e. The van der Waals surface area contributed by atoms with E-state index in [4.69, 9.17) is 17.2 Å². The van der Waals surface area contributed by atoms with Gasteiger partial charge in [0.2, 0.25) is 11.8 Å². The Morgan fingerprint density at radius 3 is 1.90 bits per heavy atom. The van der Waals surface area contributed by atoms with Gasteiger partial charge in [0.05, 0.1) is 6.42 Å². The number of rotatable bonds is 3. The Hall–Kier alpha value is -1.10. The minimum atomic E-state index is -1.31. The van der Waals surface area contributed by atoms with E-state index in [1.165, 1.54) is 6.92 Å². The van der Waals surface area contributed by atoms with Crippen LogP contribution in [0.1, 0.15) is 13.3 Å². The zero-order valence-corrected chi connectivity index (χ0v) is 5.76.